The average molecular weight is 266 g/mol. The average Bonchev–Trinajstić information content (AvgIpc) is 2.64. The van der Waals surface area contributed by atoms with Crippen LogP contribution in [0.2, 0.25) is 0 Å². The number of carbonyl (C=O) groups excluding carboxylic acids is 1. The molecule has 0 bridgehead atoms. The number of nitrogens with one attached hydrogen (secondary N) is 1. The van der Waals surface area contributed by atoms with Gasteiger partial charge in [0.1, 0.15) is 0 Å². The molecule has 0 aliphatic carbocycles. The van der Waals surface area contributed by atoms with Crippen molar-refractivity contribution in [2.75, 3.05) is 19.6 Å². The van der Waals surface area contributed by atoms with Gasteiger partial charge in [-0.2, -0.15) is 0 Å². The standard InChI is InChI=1S/C16H30N2O/c1-3-5-14-6-4-10-18(11-8-14)16(19)15-12-13(2)7-9-17-15/h13-15,17H,3-12H2,1-2H3. The number of amides is 1. The molecule has 3 heteroatoms. The largest absolute Gasteiger partial charge is 0.341 e. The summed E-state index contributed by atoms with van der Waals surface area (Å²) in [4.78, 5) is 14.7. The minimum Gasteiger partial charge on any atom is -0.341 e. The number of hydrogen-bond acceptors (Lipinski definition) is 2. The van der Waals surface area contributed by atoms with Crippen LogP contribution in [0, 0.1) is 11.8 Å². The van der Waals surface area contributed by atoms with Gasteiger partial charge in [-0.05, 0) is 50.5 Å². The molecule has 3 unspecified atom stereocenters. The van der Waals surface area contributed by atoms with Crippen LogP contribution in [-0.2, 0) is 4.79 Å². The molecule has 2 heterocycles. The fourth-order valence-electron chi connectivity index (χ4n) is 3.60. The highest BCUT2D eigenvalue weighted by atomic mass is 16.2. The SMILES string of the molecule is CCCC1CCCN(C(=O)C2CC(C)CCN2)CC1. The van der Waals surface area contributed by atoms with E-state index in [0.717, 1.165) is 32.0 Å². The molecule has 2 fully saturated rings. The Morgan fingerprint density at radius 3 is 2.84 bits per heavy atom. The van der Waals surface area contributed by atoms with Crippen molar-refractivity contribution < 1.29 is 4.79 Å². The normalized spacial score (nSPS) is 32.9. The molecule has 3 atom stereocenters. The van der Waals surface area contributed by atoms with Gasteiger partial charge in [0.25, 0.3) is 0 Å². The van der Waals surface area contributed by atoms with Gasteiger partial charge < -0.3 is 10.2 Å². The number of hydrogen-bond donors (Lipinski definition) is 1. The summed E-state index contributed by atoms with van der Waals surface area (Å²) >= 11 is 0. The molecule has 0 aromatic heterocycles. The van der Waals surface area contributed by atoms with Gasteiger partial charge >= 0.3 is 0 Å². The summed E-state index contributed by atoms with van der Waals surface area (Å²) in [6.45, 7) is 7.49. The maximum atomic E-state index is 12.6. The van der Waals surface area contributed by atoms with Gasteiger partial charge in [0.2, 0.25) is 5.91 Å². The predicted octanol–water partition coefficient (Wildman–Crippen LogP) is 2.80. The molecule has 2 rings (SSSR count). The summed E-state index contributed by atoms with van der Waals surface area (Å²) in [5.41, 5.74) is 0. The molecule has 2 aliphatic rings. The van der Waals surface area contributed by atoms with Gasteiger partial charge in [0.05, 0.1) is 6.04 Å². The molecule has 0 saturated carbocycles. The van der Waals surface area contributed by atoms with Crippen LogP contribution in [0.25, 0.3) is 0 Å². The van der Waals surface area contributed by atoms with E-state index in [-0.39, 0.29) is 6.04 Å². The molecule has 0 radical (unpaired) electrons. The Morgan fingerprint density at radius 2 is 2.11 bits per heavy atom. The maximum absolute atomic E-state index is 12.6. The van der Waals surface area contributed by atoms with E-state index in [2.05, 4.69) is 24.1 Å². The maximum Gasteiger partial charge on any atom is 0.239 e. The number of piperidine rings is 1. The molecule has 110 valence electrons. The van der Waals surface area contributed by atoms with Crippen molar-refractivity contribution in [3.05, 3.63) is 0 Å². The topological polar surface area (TPSA) is 32.3 Å². The highest BCUT2D eigenvalue weighted by Crippen LogP contribution is 2.23. The number of nitrogens with zero attached hydrogens (tertiary/aromatic N) is 1. The molecule has 2 saturated heterocycles. The molecule has 0 spiro atoms. The summed E-state index contributed by atoms with van der Waals surface area (Å²) in [6, 6.07) is 0.0893. The number of likely N-dealkylation sites (tertiary alicyclic amines) is 1. The van der Waals surface area contributed by atoms with Crippen molar-refractivity contribution in [3.63, 3.8) is 0 Å². The van der Waals surface area contributed by atoms with Crippen LogP contribution in [-0.4, -0.2) is 36.5 Å². The van der Waals surface area contributed by atoms with E-state index in [0.29, 0.717) is 11.8 Å². The van der Waals surface area contributed by atoms with Crippen LogP contribution in [0.5, 0.6) is 0 Å². The number of rotatable bonds is 3. The zero-order chi connectivity index (χ0) is 13.7. The van der Waals surface area contributed by atoms with Crippen LogP contribution in [0.15, 0.2) is 0 Å². The van der Waals surface area contributed by atoms with Crippen molar-refractivity contribution in [2.45, 2.75) is 64.8 Å². The van der Waals surface area contributed by atoms with Crippen molar-refractivity contribution >= 4 is 5.91 Å². The number of carbonyl (C=O) groups is 1. The van der Waals surface area contributed by atoms with Crippen LogP contribution in [0.4, 0.5) is 0 Å². The second-order valence-corrected chi connectivity index (χ2v) is 6.55. The van der Waals surface area contributed by atoms with Gasteiger partial charge in [0.15, 0.2) is 0 Å². The molecule has 0 aromatic carbocycles. The molecule has 19 heavy (non-hydrogen) atoms. The first-order valence-corrected chi connectivity index (χ1v) is 8.23. The van der Waals surface area contributed by atoms with Crippen molar-refractivity contribution in [1.82, 2.24) is 10.2 Å². The van der Waals surface area contributed by atoms with Crippen molar-refractivity contribution in [2.24, 2.45) is 11.8 Å². The highest BCUT2D eigenvalue weighted by molar-refractivity contribution is 5.82. The molecule has 1 N–H and O–H groups in total. The third kappa shape index (κ3) is 4.20. The van der Waals surface area contributed by atoms with E-state index >= 15 is 0 Å². The van der Waals surface area contributed by atoms with Gasteiger partial charge in [0, 0.05) is 13.1 Å². The minimum absolute atomic E-state index is 0.0893. The van der Waals surface area contributed by atoms with E-state index in [1.807, 2.05) is 0 Å². The molecule has 1 amide bonds. The zero-order valence-corrected chi connectivity index (χ0v) is 12.7. The first kappa shape index (κ1) is 14.8. The van der Waals surface area contributed by atoms with Crippen LogP contribution in [0.3, 0.4) is 0 Å². The van der Waals surface area contributed by atoms with E-state index < -0.39 is 0 Å². The van der Waals surface area contributed by atoms with Crippen LogP contribution < -0.4 is 5.32 Å². The fourth-order valence-corrected chi connectivity index (χ4v) is 3.60. The Morgan fingerprint density at radius 1 is 1.26 bits per heavy atom. The van der Waals surface area contributed by atoms with Gasteiger partial charge in [-0.3, -0.25) is 4.79 Å². The summed E-state index contributed by atoms with van der Waals surface area (Å²) in [5.74, 6) is 1.90. The molecule has 2 aliphatic heterocycles. The van der Waals surface area contributed by atoms with E-state index in [1.165, 1.54) is 38.5 Å². The Kier molecular flexibility index (Phi) is 5.68. The summed E-state index contributed by atoms with van der Waals surface area (Å²) in [5, 5.41) is 3.41. The minimum atomic E-state index is 0.0893. The monoisotopic (exact) mass is 266 g/mol. The molecular weight excluding hydrogens is 236 g/mol. The summed E-state index contributed by atoms with van der Waals surface area (Å²) in [7, 11) is 0. The molecule has 0 aromatic rings. The van der Waals surface area contributed by atoms with Crippen LogP contribution in [0.1, 0.15) is 58.8 Å². The Bertz CT molecular complexity index is 292. The lowest BCUT2D eigenvalue weighted by Gasteiger charge is -2.32. The van der Waals surface area contributed by atoms with E-state index in [9.17, 15) is 4.79 Å². The third-order valence-corrected chi connectivity index (χ3v) is 4.82. The van der Waals surface area contributed by atoms with Gasteiger partial charge in [-0.15, -0.1) is 0 Å². The Balaban J connectivity index is 1.85. The fraction of sp³-hybridized carbons (Fsp3) is 0.938. The Labute approximate surface area is 118 Å². The third-order valence-electron chi connectivity index (χ3n) is 4.82. The second kappa shape index (κ2) is 7.28. The smallest absolute Gasteiger partial charge is 0.239 e. The van der Waals surface area contributed by atoms with Crippen molar-refractivity contribution in [1.29, 1.82) is 0 Å². The molecular formula is C16H30N2O. The van der Waals surface area contributed by atoms with Gasteiger partial charge in [-0.25, -0.2) is 0 Å². The lowest BCUT2D eigenvalue weighted by Crippen LogP contribution is -2.50. The summed E-state index contributed by atoms with van der Waals surface area (Å²) < 4.78 is 0. The zero-order valence-electron chi connectivity index (χ0n) is 12.7. The summed E-state index contributed by atoms with van der Waals surface area (Å²) in [6.07, 6.45) is 8.56. The Hall–Kier alpha value is -0.570. The van der Waals surface area contributed by atoms with Crippen molar-refractivity contribution in [3.8, 4) is 0 Å². The quantitative estimate of drug-likeness (QED) is 0.852. The first-order valence-electron chi connectivity index (χ1n) is 8.23. The van der Waals surface area contributed by atoms with Gasteiger partial charge in [-0.1, -0.05) is 26.7 Å². The van der Waals surface area contributed by atoms with E-state index in [1.54, 1.807) is 0 Å². The lowest BCUT2D eigenvalue weighted by atomic mass is 9.93. The first-order chi connectivity index (χ1) is 9.20. The predicted molar refractivity (Wildman–Crippen MR) is 79.0 cm³/mol. The second-order valence-electron chi connectivity index (χ2n) is 6.55. The van der Waals surface area contributed by atoms with Crippen LogP contribution >= 0.6 is 0 Å². The lowest BCUT2D eigenvalue weighted by molar-refractivity contribution is -0.134. The highest BCUT2D eigenvalue weighted by Gasteiger charge is 2.29. The molecule has 3 nitrogen and oxygen atoms in total. The van der Waals surface area contributed by atoms with E-state index in [4.69, 9.17) is 0 Å².